The maximum atomic E-state index is 12.6. The van der Waals surface area contributed by atoms with Crippen molar-refractivity contribution < 1.29 is 19.1 Å². The van der Waals surface area contributed by atoms with E-state index in [1.165, 1.54) is 0 Å². The zero-order valence-corrected chi connectivity index (χ0v) is 15.3. The number of hydrogen-bond acceptors (Lipinski definition) is 5. The smallest absolute Gasteiger partial charge is 0.238 e. The molecule has 138 valence electrons. The molecule has 27 heavy (non-hydrogen) atoms. The molecular weight excluding hydrogens is 364 g/mol. The molecule has 3 aliphatic rings. The highest BCUT2D eigenvalue weighted by Gasteiger charge is 2.35. The summed E-state index contributed by atoms with van der Waals surface area (Å²) >= 11 is 1.58. The second-order valence-electron chi connectivity index (χ2n) is 6.85. The van der Waals surface area contributed by atoms with Gasteiger partial charge in [0.2, 0.25) is 18.6 Å². The lowest BCUT2D eigenvalue weighted by Crippen LogP contribution is -2.27. The Hall–Kier alpha value is -2.67. The first-order valence-electron chi connectivity index (χ1n) is 8.93. The molecule has 2 aliphatic heterocycles. The van der Waals surface area contributed by atoms with Gasteiger partial charge in [-0.15, -0.1) is 11.8 Å². The zero-order valence-electron chi connectivity index (χ0n) is 14.5. The van der Waals surface area contributed by atoms with Crippen LogP contribution in [0.2, 0.25) is 0 Å². The van der Waals surface area contributed by atoms with Crippen LogP contribution in [-0.4, -0.2) is 24.4 Å². The maximum absolute atomic E-state index is 12.6. The third kappa shape index (κ3) is 3.12. The van der Waals surface area contributed by atoms with Gasteiger partial charge in [0.05, 0.1) is 5.75 Å². The molecule has 5 rings (SSSR count). The second kappa shape index (κ2) is 6.49. The van der Waals surface area contributed by atoms with Crippen LogP contribution in [0, 0.1) is 5.92 Å². The van der Waals surface area contributed by atoms with Gasteiger partial charge < -0.3 is 14.8 Å². The number of rotatable bonds is 4. The Morgan fingerprint density at radius 1 is 1.11 bits per heavy atom. The standard InChI is InChI=1S/C20H18N2O4S/c23-18-10-27-20(22(18)15-6-7-16-17(9-15)26-11-25-16)13-2-1-3-14(8-13)21-19(24)12-4-5-12/h1-3,6-9,12,20H,4-5,10-11H2,(H,21,24). The van der Waals surface area contributed by atoms with Crippen LogP contribution in [0.3, 0.4) is 0 Å². The number of thioether (sulfide) groups is 1. The quantitative estimate of drug-likeness (QED) is 0.876. The Kier molecular flexibility index (Phi) is 3.97. The van der Waals surface area contributed by atoms with Crippen LogP contribution in [0.4, 0.5) is 11.4 Å². The van der Waals surface area contributed by atoms with Crippen LogP contribution < -0.4 is 19.7 Å². The third-order valence-electron chi connectivity index (χ3n) is 4.89. The topological polar surface area (TPSA) is 67.9 Å². The summed E-state index contributed by atoms with van der Waals surface area (Å²) in [5.41, 5.74) is 2.54. The Morgan fingerprint density at radius 3 is 2.81 bits per heavy atom. The number of ether oxygens (including phenoxy) is 2. The van der Waals surface area contributed by atoms with E-state index in [0.29, 0.717) is 17.3 Å². The Morgan fingerprint density at radius 2 is 1.96 bits per heavy atom. The monoisotopic (exact) mass is 382 g/mol. The van der Waals surface area contributed by atoms with E-state index in [-0.39, 0.29) is 29.9 Å². The summed E-state index contributed by atoms with van der Waals surface area (Å²) in [7, 11) is 0. The van der Waals surface area contributed by atoms with Crippen molar-refractivity contribution in [3.05, 3.63) is 48.0 Å². The molecule has 0 spiro atoms. The zero-order chi connectivity index (χ0) is 18.4. The largest absolute Gasteiger partial charge is 0.454 e. The highest BCUT2D eigenvalue weighted by Crippen LogP contribution is 2.45. The predicted molar refractivity (Wildman–Crippen MR) is 103 cm³/mol. The fourth-order valence-electron chi connectivity index (χ4n) is 3.34. The number of carbonyl (C=O) groups is 2. The van der Waals surface area contributed by atoms with Gasteiger partial charge in [0.15, 0.2) is 11.5 Å². The number of anilines is 2. The van der Waals surface area contributed by atoms with Crippen LogP contribution in [0.15, 0.2) is 42.5 Å². The molecule has 2 heterocycles. The van der Waals surface area contributed by atoms with Gasteiger partial charge in [-0.2, -0.15) is 0 Å². The van der Waals surface area contributed by atoms with E-state index in [4.69, 9.17) is 9.47 Å². The molecule has 7 heteroatoms. The van der Waals surface area contributed by atoms with Gasteiger partial charge in [0.1, 0.15) is 5.37 Å². The summed E-state index contributed by atoms with van der Waals surface area (Å²) in [5, 5.41) is 2.84. The van der Waals surface area contributed by atoms with Crippen molar-refractivity contribution >= 4 is 35.0 Å². The molecule has 1 saturated heterocycles. The number of nitrogens with zero attached hydrogens (tertiary/aromatic N) is 1. The van der Waals surface area contributed by atoms with Gasteiger partial charge >= 0.3 is 0 Å². The summed E-state index contributed by atoms with van der Waals surface area (Å²) in [6, 6.07) is 13.3. The molecule has 1 unspecified atom stereocenters. The van der Waals surface area contributed by atoms with Crippen molar-refractivity contribution in [2.75, 3.05) is 22.8 Å². The van der Waals surface area contributed by atoms with E-state index in [9.17, 15) is 9.59 Å². The number of amides is 2. The maximum Gasteiger partial charge on any atom is 0.238 e. The van der Waals surface area contributed by atoms with E-state index in [0.717, 1.165) is 29.8 Å². The fraction of sp³-hybridized carbons (Fsp3) is 0.300. The van der Waals surface area contributed by atoms with Gasteiger partial charge in [-0.25, -0.2) is 0 Å². The van der Waals surface area contributed by atoms with Crippen molar-refractivity contribution in [2.24, 2.45) is 5.92 Å². The van der Waals surface area contributed by atoms with Crippen LogP contribution in [-0.2, 0) is 9.59 Å². The summed E-state index contributed by atoms with van der Waals surface area (Å²) < 4.78 is 10.8. The predicted octanol–water partition coefficient (Wildman–Crippen LogP) is 3.54. The molecule has 0 aromatic heterocycles. The summed E-state index contributed by atoms with van der Waals surface area (Å²) in [6.07, 6.45) is 1.94. The Bertz CT molecular complexity index is 928. The average Bonchev–Trinajstić information content (AvgIpc) is 3.31. The van der Waals surface area contributed by atoms with Gasteiger partial charge in [0.25, 0.3) is 0 Å². The van der Waals surface area contributed by atoms with Gasteiger partial charge in [-0.05, 0) is 42.7 Å². The van der Waals surface area contributed by atoms with Gasteiger partial charge in [-0.3, -0.25) is 14.5 Å². The number of carbonyl (C=O) groups excluding carboxylic acids is 2. The van der Waals surface area contributed by atoms with Crippen molar-refractivity contribution in [3.8, 4) is 11.5 Å². The van der Waals surface area contributed by atoms with Crippen LogP contribution in [0.5, 0.6) is 11.5 Å². The molecule has 1 atom stereocenters. The highest BCUT2D eigenvalue weighted by molar-refractivity contribution is 8.00. The van der Waals surface area contributed by atoms with E-state index in [2.05, 4.69) is 5.32 Å². The van der Waals surface area contributed by atoms with E-state index >= 15 is 0 Å². The number of hydrogen-bond donors (Lipinski definition) is 1. The molecule has 2 fully saturated rings. The van der Waals surface area contributed by atoms with Gasteiger partial charge in [-0.1, -0.05) is 12.1 Å². The van der Waals surface area contributed by atoms with Crippen molar-refractivity contribution in [3.63, 3.8) is 0 Å². The summed E-state index contributed by atoms with van der Waals surface area (Å²) in [6.45, 7) is 0.202. The molecular formula is C20H18N2O4S. The van der Waals surface area contributed by atoms with Crippen LogP contribution in [0.1, 0.15) is 23.8 Å². The molecule has 2 aromatic rings. The average molecular weight is 382 g/mol. The number of fused-ring (bicyclic) bond motifs is 1. The van der Waals surface area contributed by atoms with Crippen LogP contribution >= 0.6 is 11.8 Å². The molecule has 2 amide bonds. The normalized spacial score (nSPS) is 20.8. The molecule has 1 saturated carbocycles. The first-order chi connectivity index (χ1) is 13.2. The molecule has 0 radical (unpaired) electrons. The van der Waals surface area contributed by atoms with Crippen molar-refractivity contribution in [2.45, 2.75) is 18.2 Å². The molecule has 0 bridgehead atoms. The highest BCUT2D eigenvalue weighted by atomic mass is 32.2. The van der Waals surface area contributed by atoms with E-state index in [1.54, 1.807) is 16.7 Å². The van der Waals surface area contributed by atoms with Crippen molar-refractivity contribution in [1.29, 1.82) is 0 Å². The lowest BCUT2D eigenvalue weighted by atomic mass is 10.1. The summed E-state index contributed by atoms with van der Waals surface area (Å²) in [5.74, 6) is 2.05. The minimum Gasteiger partial charge on any atom is -0.454 e. The Labute approximate surface area is 160 Å². The summed E-state index contributed by atoms with van der Waals surface area (Å²) in [4.78, 5) is 26.4. The lowest BCUT2D eigenvalue weighted by Gasteiger charge is -2.25. The fourth-order valence-corrected chi connectivity index (χ4v) is 4.51. The molecule has 1 aliphatic carbocycles. The number of benzene rings is 2. The minimum atomic E-state index is -0.143. The molecule has 2 aromatic carbocycles. The van der Waals surface area contributed by atoms with E-state index < -0.39 is 0 Å². The Balaban J connectivity index is 1.43. The SMILES string of the molecule is O=C(Nc1cccc(C2SCC(=O)N2c2ccc3c(c2)OCO3)c1)C1CC1. The second-order valence-corrected chi connectivity index (χ2v) is 7.92. The molecule has 1 N–H and O–H groups in total. The lowest BCUT2D eigenvalue weighted by molar-refractivity contribution is -0.117. The van der Waals surface area contributed by atoms with Crippen LogP contribution in [0.25, 0.3) is 0 Å². The van der Waals surface area contributed by atoms with Gasteiger partial charge in [0, 0.05) is 23.4 Å². The van der Waals surface area contributed by atoms with E-state index in [1.807, 2.05) is 42.5 Å². The third-order valence-corrected chi connectivity index (χ3v) is 6.10. The first-order valence-corrected chi connectivity index (χ1v) is 9.98. The van der Waals surface area contributed by atoms with Crippen molar-refractivity contribution in [1.82, 2.24) is 0 Å². The minimum absolute atomic E-state index is 0.0521. The number of nitrogens with one attached hydrogen (secondary N) is 1. The molecule has 6 nitrogen and oxygen atoms in total. The first kappa shape index (κ1) is 16.5.